The lowest BCUT2D eigenvalue weighted by Crippen LogP contribution is -2.35. The third kappa shape index (κ3) is 5.03. The minimum atomic E-state index is -0.265. The molecule has 0 heterocycles. The highest BCUT2D eigenvalue weighted by molar-refractivity contribution is 5.73. The third-order valence-electron chi connectivity index (χ3n) is 3.48. The molecule has 3 nitrogen and oxygen atoms in total. The maximum absolute atomic E-state index is 12.7. The van der Waals surface area contributed by atoms with Gasteiger partial charge in [-0.15, -0.1) is 0 Å². The zero-order valence-electron chi connectivity index (χ0n) is 11.6. The van der Waals surface area contributed by atoms with E-state index in [1.54, 1.807) is 12.1 Å². The summed E-state index contributed by atoms with van der Waals surface area (Å²) in [5.74, 6) is -0.265. The SMILES string of the molecule is O=C(NCCC1=CCCCC1)NCc1ccc(F)cc1. The van der Waals surface area contributed by atoms with Crippen molar-refractivity contribution in [3.8, 4) is 0 Å². The lowest BCUT2D eigenvalue weighted by Gasteiger charge is -2.13. The molecule has 0 fully saturated rings. The van der Waals surface area contributed by atoms with Crippen LogP contribution in [0.1, 0.15) is 37.7 Å². The van der Waals surface area contributed by atoms with Crippen molar-refractivity contribution in [1.82, 2.24) is 10.6 Å². The predicted octanol–water partition coefficient (Wildman–Crippen LogP) is 3.52. The third-order valence-corrected chi connectivity index (χ3v) is 3.48. The molecule has 4 heteroatoms. The van der Waals surface area contributed by atoms with Gasteiger partial charge >= 0.3 is 6.03 Å². The maximum atomic E-state index is 12.7. The number of urea groups is 1. The number of nitrogens with one attached hydrogen (secondary N) is 2. The van der Waals surface area contributed by atoms with E-state index in [9.17, 15) is 9.18 Å². The molecule has 1 aliphatic rings. The van der Waals surface area contributed by atoms with Crippen LogP contribution in [-0.2, 0) is 6.54 Å². The molecule has 1 aromatic carbocycles. The Morgan fingerprint density at radius 1 is 1.15 bits per heavy atom. The molecular weight excluding hydrogens is 255 g/mol. The molecular formula is C16H21FN2O. The van der Waals surface area contributed by atoms with Gasteiger partial charge in [0, 0.05) is 13.1 Å². The van der Waals surface area contributed by atoms with Crippen LogP contribution in [0.5, 0.6) is 0 Å². The summed E-state index contributed by atoms with van der Waals surface area (Å²) in [5, 5.41) is 5.61. The number of rotatable bonds is 5. The molecule has 2 amide bonds. The largest absolute Gasteiger partial charge is 0.338 e. The normalized spacial score (nSPS) is 14.6. The lowest BCUT2D eigenvalue weighted by molar-refractivity contribution is 0.240. The quantitative estimate of drug-likeness (QED) is 0.794. The van der Waals surface area contributed by atoms with E-state index in [-0.39, 0.29) is 11.8 Å². The summed E-state index contributed by atoms with van der Waals surface area (Å²) in [4.78, 5) is 11.6. The molecule has 0 saturated heterocycles. The van der Waals surface area contributed by atoms with Gasteiger partial charge in [-0.3, -0.25) is 0 Å². The van der Waals surface area contributed by atoms with Crippen LogP contribution in [0.3, 0.4) is 0 Å². The summed E-state index contributed by atoms with van der Waals surface area (Å²) in [6, 6.07) is 5.95. The fourth-order valence-corrected chi connectivity index (χ4v) is 2.32. The van der Waals surface area contributed by atoms with Crippen LogP contribution in [-0.4, -0.2) is 12.6 Å². The van der Waals surface area contributed by atoms with Crippen molar-refractivity contribution in [3.05, 3.63) is 47.3 Å². The van der Waals surface area contributed by atoms with Crippen LogP contribution in [0.15, 0.2) is 35.9 Å². The Hall–Kier alpha value is -1.84. The highest BCUT2D eigenvalue weighted by Crippen LogP contribution is 2.19. The van der Waals surface area contributed by atoms with E-state index in [0.29, 0.717) is 13.1 Å². The number of allylic oxidation sites excluding steroid dienone is 1. The van der Waals surface area contributed by atoms with Crippen LogP contribution in [0, 0.1) is 5.82 Å². The number of hydrogen-bond acceptors (Lipinski definition) is 1. The zero-order valence-corrected chi connectivity index (χ0v) is 11.6. The van der Waals surface area contributed by atoms with E-state index in [0.717, 1.165) is 12.0 Å². The number of carbonyl (C=O) groups is 1. The number of carbonyl (C=O) groups excluding carboxylic acids is 1. The molecule has 0 unspecified atom stereocenters. The molecule has 0 bridgehead atoms. The molecule has 108 valence electrons. The van der Waals surface area contributed by atoms with Crippen LogP contribution >= 0.6 is 0 Å². The van der Waals surface area contributed by atoms with Gasteiger partial charge < -0.3 is 10.6 Å². The fourth-order valence-electron chi connectivity index (χ4n) is 2.32. The molecule has 20 heavy (non-hydrogen) atoms. The summed E-state index contributed by atoms with van der Waals surface area (Å²) in [6.07, 6.45) is 8.12. The van der Waals surface area contributed by atoms with Crippen LogP contribution in [0.2, 0.25) is 0 Å². The summed E-state index contributed by atoms with van der Waals surface area (Å²) in [6.45, 7) is 1.08. The van der Waals surface area contributed by atoms with E-state index in [4.69, 9.17) is 0 Å². The average molecular weight is 276 g/mol. The van der Waals surface area contributed by atoms with Gasteiger partial charge in [0.2, 0.25) is 0 Å². The van der Waals surface area contributed by atoms with E-state index in [1.807, 2.05) is 0 Å². The van der Waals surface area contributed by atoms with Gasteiger partial charge in [0.15, 0.2) is 0 Å². The van der Waals surface area contributed by atoms with Crippen molar-refractivity contribution < 1.29 is 9.18 Å². The Kier molecular flexibility index (Phi) is 5.59. The number of amides is 2. The van der Waals surface area contributed by atoms with E-state index in [2.05, 4.69) is 16.7 Å². The van der Waals surface area contributed by atoms with Gasteiger partial charge in [-0.2, -0.15) is 0 Å². The Bertz CT molecular complexity index is 468. The Labute approximate surface area is 119 Å². The predicted molar refractivity (Wildman–Crippen MR) is 77.8 cm³/mol. The van der Waals surface area contributed by atoms with Crippen molar-refractivity contribution in [1.29, 1.82) is 0 Å². The summed E-state index contributed by atoms with van der Waals surface area (Å²) in [7, 11) is 0. The van der Waals surface area contributed by atoms with E-state index in [1.165, 1.54) is 43.4 Å². The molecule has 1 aromatic rings. The fraction of sp³-hybridized carbons (Fsp3) is 0.438. The Morgan fingerprint density at radius 3 is 2.65 bits per heavy atom. The lowest BCUT2D eigenvalue weighted by atomic mass is 9.97. The molecule has 2 N–H and O–H groups in total. The van der Waals surface area contributed by atoms with Gasteiger partial charge in [-0.1, -0.05) is 23.8 Å². The molecule has 0 spiro atoms. The van der Waals surface area contributed by atoms with Gasteiger partial charge in [0.05, 0.1) is 0 Å². The first-order valence-corrected chi connectivity index (χ1v) is 7.18. The number of benzene rings is 1. The van der Waals surface area contributed by atoms with Crippen molar-refractivity contribution in [2.45, 2.75) is 38.6 Å². The van der Waals surface area contributed by atoms with E-state index >= 15 is 0 Å². The van der Waals surface area contributed by atoms with Crippen LogP contribution < -0.4 is 10.6 Å². The molecule has 0 atom stereocenters. The maximum Gasteiger partial charge on any atom is 0.315 e. The van der Waals surface area contributed by atoms with Crippen molar-refractivity contribution in [2.75, 3.05) is 6.54 Å². The second-order valence-corrected chi connectivity index (χ2v) is 5.09. The second-order valence-electron chi connectivity index (χ2n) is 5.09. The van der Waals surface area contributed by atoms with Crippen LogP contribution in [0.4, 0.5) is 9.18 Å². The van der Waals surface area contributed by atoms with Crippen LogP contribution in [0.25, 0.3) is 0 Å². The molecule has 1 aliphatic carbocycles. The number of halogens is 1. The molecule has 0 aromatic heterocycles. The topological polar surface area (TPSA) is 41.1 Å². The monoisotopic (exact) mass is 276 g/mol. The van der Waals surface area contributed by atoms with Crippen molar-refractivity contribution in [3.63, 3.8) is 0 Å². The molecule has 0 radical (unpaired) electrons. The minimum Gasteiger partial charge on any atom is -0.338 e. The highest BCUT2D eigenvalue weighted by Gasteiger charge is 2.05. The standard InChI is InChI=1S/C16H21FN2O/c17-15-8-6-14(7-9-15)12-19-16(20)18-11-10-13-4-2-1-3-5-13/h4,6-9H,1-3,5,10-12H2,(H2,18,19,20). The van der Waals surface area contributed by atoms with Crippen molar-refractivity contribution in [2.24, 2.45) is 0 Å². The smallest absolute Gasteiger partial charge is 0.315 e. The average Bonchev–Trinajstić information content (AvgIpc) is 2.48. The minimum absolute atomic E-state index is 0.175. The number of hydrogen-bond donors (Lipinski definition) is 2. The molecule has 0 aliphatic heterocycles. The van der Waals surface area contributed by atoms with Gasteiger partial charge in [-0.05, 0) is 49.8 Å². The first kappa shape index (κ1) is 14.6. The van der Waals surface area contributed by atoms with E-state index < -0.39 is 0 Å². The highest BCUT2D eigenvalue weighted by atomic mass is 19.1. The summed E-state index contributed by atoms with van der Waals surface area (Å²) < 4.78 is 12.7. The van der Waals surface area contributed by atoms with Gasteiger partial charge in [0.25, 0.3) is 0 Å². The Balaban J connectivity index is 1.62. The van der Waals surface area contributed by atoms with Gasteiger partial charge in [-0.25, -0.2) is 9.18 Å². The van der Waals surface area contributed by atoms with Gasteiger partial charge in [0.1, 0.15) is 5.82 Å². The summed E-state index contributed by atoms with van der Waals surface area (Å²) in [5.41, 5.74) is 2.34. The zero-order chi connectivity index (χ0) is 14.2. The first-order chi connectivity index (χ1) is 9.74. The molecule has 2 rings (SSSR count). The first-order valence-electron chi connectivity index (χ1n) is 7.18. The Morgan fingerprint density at radius 2 is 1.95 bits per heavy atom. The second kappa shape index (κ2) is 7.68. The van der Waals surface area contributed by atoms with Crippen molar-refractivity contribution >= 4 is 6.03 Å². The summed E-state index contributed by atoms with van der Waals surface area (Å²) >= 11 is 0. The molecule has 0 saturated carbocycles.